The van der Waals surface area contributed by atoms with Crippen LogP contribution in [0.5, 0.6) is 5.75 Å². The van der Waals surface area contributed by atoms with Gasteiger partial charge in [-0.25, -0.2) is 9.59 Å². The molecule has 4 rings (SSSR count). The molecule has 34 heavy (non-hydrogen) atoms. The molecule has 1 unspecified atom stereocenters. The van der Waals surface area contributed by atoms with Crippen LogP contribution in [0.25, 0.3) is 0 Å². The normalized spacial score (nSPS) is 15.4. The second kappa shape index (κ2) is 10.6. The van der Waals surface area contributed by atoms with Gasteiger partial charge in [-0.2, -0.15) is 0 Å². The first kappa shape index (κ1) is 23.7. The zero-order valence-electron chi connectivity index (χ0n) is 18.3. The average Bonchev–Trinajstić information content (AvgIpc) is 2.83. The molecule has 6 nitrogen and oxygen atoms in total. The number of halogens is 2. The van der Waals surface area contributed by atoms with Crippen molar-refractivity contribution in [3.63, 3.8) is 0 Å². The molecule has 0 aliphatic carbocycles. The van der Waals surface area contributed by atoms with Crippen LogP contribution in [-0.2, 0) is 22.7 Å². The summed E-state index contributed by atoms with van der Waals surface area (Å²) in [5.41, 5.74) is 3.05. The van der Waals surface area contributed by atoms with Gasteiger partial charge in [0.1, 0.15) is 19.0 Å². The van der Waals surface area contributed by atoms with Crippen LogP contribution in [-0.4, -0.2) is 12.0 Å². The van der Waals surface area contributed by atoms with Crippen LogP contribution in [0.3, 0.4) is 0 Å². The Bertz CT molecular complexity index is 1240. The predicted octanol–water partition coefficient (Wildman–Crippen LogP) is 5.94. The van der Waals surface area contributed by atoms with Gasteiger partial charge in [-0.05, 0) is 36.2 Å². The molecule has 3 aromatic carbocycles. The van der Waals surface area contributed by atoms with E-state index in [0.29, 0.717) is 32.6 Å². The maximum Gasteiger partial charge on any atom is 0.338 e. The highest BCUT2D eigenvalue weighted by Crippen LogP contribution is 2.34. The van der Waals surface area contributed by atoms with Gasteiger partial charge in [-0.3, -0.25) is 0 Å². The Balaban J connectivity index is 1.58. The number of amides is 2. The van der Waals surface area contributed by atoms with Crippen LogP contribution in [0.15, 0.2) is 84.1 Å². The lowest BCUT2D eigenvalue weighted by Crippen LogP contribution is -2.45. The van der Waals surface area contributed by atoms with Gasteiger partial charge in [-0.1, -0.05) is 77.8 Å². The molecule has 0 spiro atoms. The lowest BCUT2D eigenvalue weighted by molar-refractivity contribution is -0.140. The fraction of sp³-hybridized carbons (Fsp3) is 0.154. The van der Waals surface area contributed by atoms with Crippen LogP contribution in [0.4, 0.5) is 4.79 Å². The molecule has 8 heteroatoms. The molecule has 0 bridgehead atoms. The largest absolute Gasteiger partial charge is 0.489 e. The number of allylic oxidation sites excluding steroid dienone is 1. The van der Waals surface area contributed by atoms with E-state index < -0.39 is 18.0 Å². The SMILES string of the molecule is CC1=C(C(=O)OCc2ccccc2)C(c2ccccc2OCc2ccc(Cl)c(Cl)c2)NC(=O)N1. The number of esters is 1. The van der Waals surface area contributed by atoms with E-state index in [1.54, 1.807) is 31.2 Å². The maximum atomic E-state index is 13.1. The summed E-state index contributed by atoms with van der Waals surface area (Å²) in [5.74, 6) is -0.0138. The number of carbonyl (C=O) groups is 2. The molecule has 0 aromatic heterocycles. The molecule has 1 aliphatic rings. The molecule has 0 fully saturated rings. The number of urea groups is 1. The third-order valence-electron chi connectivity index (χ3n) is 5.31. The third kappa shape index (κ3) is 5.53. The summed E-state index contributed by atoms with van der Waals surface area (Å²) in [7, 11) is 0. The first-order valence-electron chi connectivity index (χ1n) is 10.6. The molecule has 0 saturated heterocycles. The van der Waals surface area contributed by atoms with Gasteiger partial charge in [0, 0.05) is 11.3 Å². The van der Waals surface area contributed by atoms with Crippen molar-refractivity contribution in [2.24, 2.45) is 0 Å². The number of benzene rings is 3. The van der Waals surface area contributed by atoms with Crippen LogP contribution < -0.4 is 15.4 Å². The number of carbonyl (C=O) groups excluding carboxylic acids is 2. The van der Waals surface area contributed by atoms with Crippen molar-refractivity contribution >= 4 is 35.2 Å². The molecule has 2 amide bonds. The highest BCUT2D eigenvalue weighted by molar-refractivity contribution is 6.42. The van der Waals surface area contributed by atoms with Crippen molar-refractivity contribution < 1.29 is 19.1 Å². The molecule has 3 aromatic rings. The van der Waals surface area contributed by atoms with Gasteiger partial charge in [0.15, 0.2) is 0 Å². The zero-order valence-corrected chi connectivity index (χ0v) is 19.8. The number of hydrogen-bond acceptors (Lipinski definition) is 4. The Morgan fingerprint density at radius 2 is 1.65 bits per heavy atom. The van der Waals surface area contributed by atoms with Crippen molar-refractivity contribution in [1.29, 1.82) is 0 Å². The predicted molar refractivity (Wildman–Crippen MR) is 131 cm³/mol. The fourth-order valence-corrected chi connectivity index (χ4v) is 3.96. The molecule has 174 valence electrons. The number of para-hydroxylation sites is 1. The third-order valence-corrected chi connectivity index (χ3v) is 6.05. The smallest absolute Gasteiger partial charge is 0.338 e. The van der Waals surface area contributed by atoms with E-state index in [2.05, 4.69) is 10.6 Å². The highest BCUT2D eigenvalue weighted by Gasteiger charge is 2.34. The van der Waals surface area contributed by atoms with Gasteiger partial charge >= 0.3 is 12.0 Å². The van der Waals surface area contributed by atoms with E-state index in [1.807, 2.05) is 48.5 Å². The molecule has 1 atom stereocenters. The topological polar surface area (TPSA) is 76.7 Å². The van der Waals surface area contributed by atoms with Crippen LogP contribution in [0.1, 0.15) is 29.7 Å². The van der Waals surface area contributed by atoms with Crippen molar-refractivity contribution in [3.8, 4) is 5.75 Å². The Morgan fingerprint density at radius 3 is 2.41 bits per heavy atom. The van der Waals surface area contributed by atoms with Gasteiger partial charge in [0.25, 0.3) is 0 Å². The Morgan fingerprint density at radius 1 is 0.912 bits per heavy atom. The highest BCUT2D eigenvalue weighted by atomic mass is 35.5. The molecular formula is C26H22Cl2N2O4. The second-order valence-corrected chi connectivity index (χ2v) is 8.52. The summed E-state index contributed by atoms with van der Waals surface area (Å²) in [5, 5.41) is 6.37. The van der Waals surface area contributed by atoms with Crippen molar-refractivity contribution in [2.75, 3.05) is 0 Å². The molecule has 1 aliphatic heterocycles. The summed E-state index contributed by atoms with van der Waals surface area (Å²) in [4.78, 5) is 25.4. The molecule has 0 radical (unpaired) electrons. The summed E-state index contributed by atoms with van der Waals surface area (Å²) in [6, 6.07) is 20.7. The van der Waals surface area contributed by atoms with E-state index in [0.717, 1.165) is 11.1 Å². The van der Waals surface area contributed by atoms with Crippen molar-refractivity contribution in [1.82, 2.24) is 10.6 Å². The standard InChI is InChI=1S/C26H22Cl2N2O4/c1-16-23(25(31)34-14-17-7-3-2-4-8-17)24(30-26(32)29-16)19-9-5-6-10-22(19)33-15-18-11-12-20(27)21(28)13-18/h2-13,24H,14-15H2,1H3,(H2,29,30,32). The minimum Gasteiger partial charge on any atom is -0.489 e. The monoisotopic (exact) mass is 496 g/mol. The van der Waals surface area contributed by atoms with Gasteiger partial charge in [0.2, 0.25) is 0 Å². The first-order chi connectivity index (χ1) is 16.4. The minimum absolute atomic E-state index is 0.118. The summed E-state index contributed by atoms with van der Waals surface area (Å²) in [6.45, 7) is 2.01. The van der Waals surface area contributed by atoms with E-state index in [1.165, 1.54) is 0 Å². The number of ether oxygens (including phenoxy) is 2. The van der Waals surface area contributed by atoms with E-state index in [4.69, 9.17) is 32.7 Å². The van der Waals surface area contributed by atoms with E-state index in [9.17, 15) is 9.59 Å². The van der Waals surface area contributed by atoms with Gasteiger partial charge in [0.05, 0.1) is 21.7 Å². The van der Waals surface area contributed by atoms with E-state index >= 15 is 0 Å². The van der Waals surface area contributed by atoms with Gasteiger partial charge in [-0.15, -0.1) is 0 Å². The minimum atomic E-state index is -0.748. The lowest BCUT2D eigenvalue weighted by atomic mass is 9.95. The number of rotatable bonds is 7. The Kier molecular flexibility index (Phi) is 7.40. The number of nitrogens with one attached hydrogen (secondary N) is 2. The lowest BCUT2D eigenvalue weighted by Gasteiger charge is -2.29. The second-order valence-electron chi connectivity index (χ2n) is 7.71. The van der Waals surface area contributed by atoms with Crippen molar-refractivity contribution in [3.05, 3.63) is 111 Å². The summed E-state index contributed by atoms with van der Waals surface area (Å²) >= 11 is 12.1. The molecular weight excluding hydrogens is 475 g/mol. The molecule has 2 N–H and O–H groups in total. The first-order valence-corrected chi connectivity index (χ1v) is 11.3. The van der Waals surface area contributed by atoms with Crippen molar-refractivity contribution in [2.45, 2.75) is 26.2 Å². The Labute approximate surface area is 207 Å². The van der Waals surface area contributed by atoms with Crippen LogP contribution in [0.2, 0.25) is 10.0 Å². The summed E-state index contributed by atoms with van der Waals surface area (Å²) in [6.07, 6.45) is 0. The quantitative estimate of drug-likeness (QED) is 0.396. The molecule has 0 saturated carbocycles. The average molecular weight is 497 g/mol. The van der Waals surface area contributed by atoms with E-state index in [-0.39, 0.29) is 13.2 Å². The number of hydrogen-bond donors (Lipinski definition) is 2. The maximum absolute atomic E-state index is 13.1. The van der Waals surface area contributed by atoms with Crippen LogP contribution in [0, 0.1) is 0 Å². The molecule has 1 heterocycles. The van der Waals surface area contributed by atoms with Gasteiger partial charge < -0.3 is 20.1 Å². The zero-order chi connectivity index (χ0) is 24.1. The summed E-state index contributed by atoms with van der Waals surface area (Å²) < 4.78 is 11.6. The Hall–Kier alpha value is -3.48. The fourth-order valence-electron chi connectivity index (χ4n) is 3.64. The van der Waals surface area contributed by atoms with Crippen LogP contribution >= 0.6 is 23.2 Å².